The first-order valence-electron chi connectivity index (χ1n) is 6.09. The second-order valence-electron chi connectivity index (χ2n) is 4.87. The van der Waals surface area contributed by atoms with E-state index in [1.807, 2.05) is 13.8 Å². The van der Waals surface area contributed by atoms with Gasteiger partial charge in [-0.2, -0.15) is 0 Å². The van der Waals surface area contributed by atoms with E-state index in [1.165, 1.54) is 0 Å². The molecule has 3 nitrogen and oxygen atoms in total. The van der Waals surface area contributed by atoms with Gasteiger partial charge in [0.05, 0.1) is 6.61 Å². The minimum Gasteiger partial charge on any atom is -0.465 e. The standard InChI is InChI=1S/C13H24O3/c1-6-16-13(15)12(10(4)5)11(14)8-7-9(2)3/h9-10,12H,6-8H2,1-5H3. The molecule has 16 heavy (non-hydrogen) atoms. The molecule has 0 aromatic heterocycles. The molecule has 3 heteroatoms. The van der Waals surface area contributed by atoms with E-state index in [4.69, 9.17) is 4.74 Å². The second kappa shape index (κ2) is 7.42. The lowest BCUT2D eigenvalue weighted by molar-refractivity contribution is -0.153. The van der Waals surface area contributed by atoms with Gasteiger partial charge in [-0.1, -0.05) is 27.7 Å². The van der Waals surface area contributed by atoms with Crippen molar-refractivity contribution in [2.75, 3.05) is 6.61 Å². The molecule has 0 heterocycles. The van der Waals surface area contributed by atoms with Crippen molar-refractivity contribution in [3.05, 3.63) is 0 Å². The van der Waals surface area contributed by atoms with Crippen molar-refractivity contribution in [1.29, 1.82) is 0 Å². The van der Waals surface area contributed by atoms with Crippen LogP contribution in [0.15, 0.2) is 0 Å². The number of ketones is 1. The number of carbonyl (C=O) groups is 2. The fourth-order valence-electron chi connectivity index (χ4n) is 1.59. The molecule has 0 aromatic rings. The Morgan fingerprint density at radius 2 is 1.69 bits per heavy atom. The summed E-state index contributed by atoms with van der Waals surface area (Å²) in [6.07, 6.45) is 1.31. The van der Waals surface area contributed by atoms with E-state index in [0.29, 0.717) is 18.9 Å². The lowest BCUT2D eigenvalue weighted by Gasteiger charge is -2.18. The molecule has 0 bridgehead atoms. The lowest BCUT2D eigenvalue weighted by atomic mass is 9.88. The first-order valence-corrected chi connectivity index (χ1v) is 6.09. The minimum atomic E-state index is -0.585. The van der Waals surface area contributed by atoms with Gasteiger partial charge in [0.15, 0.2) is 0 Å². The number of hydrogen-bond acceptors (Lipinski definition) is 3. The Hall–Kier alpha value is -0.860. The number of rotatable bonds is 7. The second-order valence-corrected chi connectivity index (χ2v) is 4.87. The summed E-state index contributed by atoms with van der Waals surface area (Å²) < 4.78 is 4.93. The average molecular weight is 228 g/mol. The van der Waals surface area contributed by atoms with E-state index < -0.39 is 5.92 Å². The molecule has 0 aliphatic rings. The van der Waals surface area contributed by atoms with E-state index in [0.717, 1.165) is 6.42 Å². The molecule has 94 valence electrons. The molecule has 0 aliphatic carbocycles. The van der Waals surface area contributed by atoms with Gasteiger partial charge in [-0.3, -0.25) is 9.59 Å². The van der Waals surface area contributed by atoms with Gasteiger partial charge >= 0.3 is 5.97 Å². The van der Waals surface area contributed by atoms with Crippen LogP contribution in [-0.2, 0) is 14.3 Å². The van der Waals surface area contributed by atoms with Gasteiger partial charge in [-0.25, -0.2) is 0 Å². The van der Waals surface area contributed by atoms with Gasteiger partial charge in [0, 0.05) is 6.42 Å². The predicted molar refractivity (Wildman–Crippen MR) is 64.0 cm³/mol. The molecule has 0 saturated heterocycles. The Morgan fingerprint density at radius 1 is 1.12 bits per heavy atom. The van der Waals surface area contributed by atoms with Crippen LogP contribution < -0.4 is 0 Å². The van der Waals surface area contributed by atoms with Crippen molar-refractivity contribution >= 4 is 11.8 Å². The molecule has 0 N–H and O–H groups in total. The summed E-state index contributed by atoms with van der Waals surface area (Å²) in [6.45, 7) is 10.0. The molecule has 0 aromatic carbocycles. The van der Waals surface area contributed by atoms with Gasteiger partial charge in [0.2, 0.25) is 0 Å². The summed E-state index contributed by atoms with van der Waals surface area (Å²) in [6, 6.07) is 0. The summed E-state index contributed by atoms with van der Waals surface area (Å²) in [7, 11) is 0. The van der Waals surface area contributed by atoms with Crippen LogP contribution in [0.25, 0.3) is 0 Å². The molecule has 0 fully saturated rings. The van der Waals surface area contributed by atoms with Crippen molar-refractivity contribution in [1.82, 2.24) is 0 Å². The predicted octanol–water partition coefficient (Wildman–Crippen LogP) is 2.83. The van der Waals surface area contributed by atoms with Crippen LogP contribution in [-0.4, -0.2) is 18.4 Å². The maximum atomic E-state index is 11.9. The molecule has 0 spiro atoms. The Balaban J connectivity index is 4.41. The zero-order valence-electron chi connectivity index (χ0n) is 11.1. The number of carbonyl (C=O) groups excluding carboxylic acids is 2. The van der Waals surface area contributed by atoms with E-state index in [9.17, 15) is 9.59 Å². The van der Waals surface area contributed by atoms with E-state index in [1.54, 1.807) is 6.92 Å². The average Bonchev–Trinajstić information content (AvgIpc) is 2.14. The highest BCUT2D eigenvalue weighted by Gasteiger charge is 2.30. The molecule has 1 unspecified atom stereocenters. The first-order chi connectivity index (χ1) is 7.40. The van der Waals surface area contributed by atoms with Gasteiger partial charge in [0.25, 0.3) is 0 Å². The summed E-state index contributed by atoms with van der Waals surface area (Å²) in [5, 5.41) is 0. The third-order valence-corrected chi connectivity index (χ3v) is 2.52. The first kappa shape index (κ1) is 15.1. The highest BCUT2D eigenvalue weighted by molar-refractivity contribution is 5.99. The number of hydrogen-bond donors (Lipinski definition) is 0. The number of Topliss-reactive ketones (excluding diaryl/α,β-unsaturated/α-hetero) is 1. The highest BCUT2D eigenvalue weighted by atomic mass is 16.5. The van der Waals surface area contributed by atoms with Crippen molar-refractivity contribution in [3.63, 3.8) is 0 Å². The molecule has 0 radical (unpaired) electrons. The fraction of sp³-hybridized carbons (Fsp3) is 0.846. The van der Waals surface area contributed by atoms with E-state index in [2.05, 4.69) is 13.8 Å². The maximum absolute atomic E-state index is 11.9. The smallest absolute Gasteiger partial charge is 0.316 e. The molecule has 0 rings (SSSR count). The Kier molecular flexibility index (Phi) is 7.02. The fourth-order valence-corrected chi connectivity index (χ4v) is 1.59. The molecule has 0 saturated carbocycles. The van der Waals surface area contributed by atoms with Crippen LogP contribution in [0.1, 0.15) is 47.5 Å². The Morgan fingerprint density at radius 3 is 2.06 bits per heavy atom. The largest absolute Gasteiger partial charge is 0.465 e. The van der Waals surface area contributed by atoms with Crippen molar-refractivity contribution in [2.45, 2.75) is 47.5 Å². The van der Waals surface area contributed by atoms with E-state index >= 15 is 0 Å². The van der Waals surface area contributed by atoms with Crippen LogP contribution in [0.2, 0.25) is 0 Å². The third kappa shape index (κ3) is 5.29. The van der Waals surface area contributed by atoms with Crippen LogP contribution in [0.4, 0.5) is 0 Å². The highest BCUT2D eigenvalue weighted by Crippen LogP contribution is 2.18. The third-order valence-electron chi connectivity index (χ3n) is 2.52. The van der Waals surface area contributed by atoms with Crippen molar-refractivity contribution in [3.8, 4) is 0 Å². The summed E-state index contributed by atoms with van der Waals surface area (Å²) >= 11 is 0. The van der Waals surface area contributed by atoms with Gasteiger partial charge in [-0.15, -0.1) is 0 Å². The van der Waals surface area contributed by atoms with Crippen molar-refractivity contribution in [2.24, 2.45) is 17.8 Å². The van der Waals surface area contributed by atoms with Gasteiger partial charge in [0.1, 0.15) is 11.7 Å². The Labute approximate surface area is 98.6 Å². The van der Waals surface area contributed by atoms with Crippen molar-refractivity contribution < 1.29 is 14.3 Å². The summed E-state index contributed by atoms with van der Waals surface area (Å²) in [5.41, 5.74) is 0. The maximum Gasteiger partial charge on any atom is 0.316 e. The molecule has 0 amide bonds. The molecule has 0 aliphatic heterocycles. The van der Waals surface area contributed by atoms with Crippen LogP contribution in [0.3, 0.4) is 0 Å². The summed E-state index contributed by atoms with van der Waals surface area (Å²) in [4.78, 5) is 23.5. The normalized spacial score (nSPS) is 12.9. The molecular formula is C13H24O3. The van der Waals surface area contributed by atoms with Gasteiger partial charge < -0.3 is 4.74 Å². The lowest BCUT2D eigenvalue weighted by Crippen LogP contribution is -2.30. The van der Waals surface area contributed by atoms with Crippen LogP contribution in [0.5, 0.6) is 0 Å². The number of esters is 1. The van der Waals surface area contributed by atoms with Crippen LogP contribution in [0, 0.1) is 17.8 Å². The minimum absolute atomic E-state index is 0.0127. The van der Waals surface area contributed by atoms with Gasteiger partial charge in [-0.05, 0) is 25.2 Å². The SMILES string of the molecule is CCOC(=O)C(C(=O)CCC(C)C)C(C)C. The summed E-state index contributed by atoms with van der Waals surface area (Å²) in [5.74, 6) is -0.440. The molecule has 1 atom stereocenters. The molecular weight excluding hydrogens is 204 g/mol. The van der Waals surface area contributed by atoms with Crippen LogP contribution >= 0.6 is 0 Å². The zero-order chi connectivity index (χ0) is 12.7. The monoisotopic (exact) mass is 228 g/mol. The Bertz CT molecular complexity index is 231. The zero-order valence-corrected chi connectivity index (χ0v) is 11.1. The van der Waals surface area contributed by atoms with E-state index in [-0.39, 0.29) is 17.7 Å². The number of ether oxygens (including phenoxy) is 1. The quantitative estimate of drug-likeness (QED) is 0.497. The topological polar surface area (TPSA) is 43.4 Å².